The summed E-state index contributed by atoms with van der Waals surface area (Å²) in [4.78, 5) is 25.0. The second-order valence-corrected chi connectivity index (χ2v) is 9.17. The number of nitrogens with one attached hydrogen (secondary N) is 1. The number of amides is 1. The highest BCUT2D eigenvalue weighted by atomic mass is 35.5. The highest BCUT2D eigenvalue weighted by Crippen LogP contribution is 2.37. The largest absolute Gasteiger partial charge is 0.497 e. The molecular formula is C26H24ClN3O4S. The van der Waals surface area contributed by atoms with Crippen LogP contribution in [0.15, 0.2) is 53.6 Å². The Kier molecular flexibility index (Phi) is 7.23. The van der Waals surface area contributed by atoms with Gasteiger partial charge in [0, 0.05) is 32.7 Å². The smallest absolute Gasteiger partial charge is 0.338 e. The van der Waals surface area contributed by atoms with Crippen LogP contribution in [0.25, 0.3) is 15.8 Å². The number of hydrazone groups is 1. The number of ether oxygens (including phenoxy) is 2. The first kappa shape index (κ1) is 24.5. The van der Waals surface area contributed by atoms with Crippen molar-refractivity contribution in [3.63, 3.8) is 0 Å². The Morgan fingerprint density at radius 2 is 1.89 bits per heavy atom. The molecule has 0 bridgehead atoms. The molecule has 2 heterocycles. The zero-order valence-electron chi connectivity index (χ0n) is 19.7. The fourth-order valence-corrected chi connectivity index (χ4v) is 5.24. The molecule has 2 aromatic heterocycles. The fourth-order valence-electron chi connectivity index (χ4n) is 3.81. The van der Waals surface area contributed by atoms with Crippen molar-refractivity contribution in [2.24, 2.45) is 5.10 Å². The average Bonchev–Trinajstić information content (AvgIpc) is 3.34. The lowest BCUT2D eigenvalue weighted by Crippen LogP contribution is -2.16. The van der Waals surface area contributed by atoms with E-state index in [1.807, 2.05) is 48.7 Å². The van der Waals surface area contributed by atoms with Gasteiger partial charge in [0.05, 0.1) is 30.5 Å². The monoisotopic (exact) mass is 509 g/mol. The van der Waals surface area contributed by atoms with Gasteiger partial charge >= 0.3 is 5.97 Å². The van der Waals surface area contributed by atoms with E-state index in [0.717, 1.165) is 32.7 Å². The molecule has 2 aromatic carbocycles. The summed E-state index contributed by atoms with van der Waals surface area (Å²) in [7, 11) is 1.59. The van der Waals surface area contributed by atoms with Crippen LogP contribution < -0.4 is 10.2 Å². The molecule has 4 aromatic rings. The van der Waals surface area contributed by atoms with Crippen molar-refractivity contribution >= 4 is 51.1 Å². The van der Waals surface area contributed by atoms with Gasteiger partial charge in [-0.15, -0.1) is 11.3 Å². The van der Waals surface area contributed by atoms with Crippen molar-refractivity contribution in [3.8, 4) is 11.4 Å². The van der Waals surface area contributed by atoms with E-state index in [1.54, 1.807) is 38.4 Å². The molecule has 0 atom stereocenters. The molecule has 0 spiro atoms. The Morgan fingerprint density at radius 3 is 2.57 bits per heavy atom. The summed E-state index contributed by atoms with van der Waals surface area (Å²) in [5.74, 6) is -0.0255. The Balaban J connectivity index is 1.51. The maximum atomic E-state index is 12.7. The second kappa shape index (κ2) is 10.3. The summed E-state index contributed by atoms with van der Waals surface area (Å²) in [6.07, 6.45) is 1.61. The number of thiophene rings is 1. The van der Waals surface area contributed by atoms with Gasteiger partial charge in [-0.3, -0.25) is 4.79 Å². The zero-order valence-corrected chi connectivity index (χ0v) is 21.3. The Labute approximate surface area is 211 Å². The van der Waals surface area contributed by atoms with Crippen molar-refractivity contribution < 1.29 is 19.1 Å². The molecule has 0 aliphatic heterocycles. The van der Waals surface area contributed by atoms with Crippen LogP contribution in [-0.4, -0.2) is 36.4 Å². The number of aromatic nitrogens is 1. The lowest BCUT2D eigenvalue weighted by molar-refractivity contribution is 0.0526. The quantitative estimate of drug-likeness (QED) is 0.191. The van der Waals surface area contributed by atoms with E-state index in [2.05, 4.69) is 10.5 Å². The SMILES string of the molecule is CCOC(=O)c1ccc(-n2c(C)cc(C=NNC(=O)c3sc4cc(OC)ccc4c3Cl)c2C)cc1. The Bertz CT molecular complexity index is 1440. The van der Waals surface area contributed by atoms with Crippen molar-refractivity contribution in [2.45, 2.75) is 20.8 Å². The van der Waals surface area contributed by atoms with E-state index in [1.165, 1.54) is 11.3 Å². The zero-order chi connectivity index (χ0) is 25.1. The van der Waals surface area contributed by atoms with Crippen LogP contribution in [0.4, 0.5) is 0 Å². The Morgan fingerprint density at radius 1 is 1.14 bits per heavy atom. The number of rotatable bonds is 7. The first-order valence-corrected chi connectivity index (χ1v) is 12.1. The minimum absolute atomic E-state index is 0.333. The van der Waals surface area contributed by atoms with Crippen LogP contribution in [-0.2, 0) is 4.74 Å². The van der Waals surface area contributed by atoms with Crippen molar-refractivity contribution in [1.82, 2.24) is 9.99 Å². The number of carbonyl (C=O) groups excluding carboxylic acids is 2. The van der Waals surface area contributed by atoms with Gasteiger partial charge in [-0.05, 0) is 69.3 Å². The van der Waals surface area contributed by atoms with Gasteiger partial charge < -0.3 is 14.0 Å². The third kappa shape index (κ3) is 4.94. The van der Waals surface area contributed by atoms with Gasteiger partial charge in [0.25, 0.3) is 5.91 Å². The lowest BCUT2D eigenvalue weighted by atomic mass is 10.2. The molecule has 0 saturated heterocycles. The van der Waals surface area contributed by atoms with Gasteiger partial charge in [-0.2, -0.15) is 5.10 Å². The van der Waals surface area contributed by atoms with Crippen LogP contribution in [0, 0.1) is 13.8 Å². The van der Waals surface area contributed by atoms with Crippen LogP contribution in [0.2, 0.25) is 5.02 Å². The summed E-state index contributed by atoms with van der Waals surface area (Å²) in [6, 6.07) is 14.7. The minimum atomic E-state index is -0.380. The molecule has 0 fully saturated rings. The number of halogens is 1. The van der Waals surface area contributed by atoms with Crippen LogP contribution >= 0.6 is 22.9 Å². The summed E-state index contributed by atoms with van der Waals surface area (Å²) in [5, 5.41) is 5.34. The molecule has 0 radical (unpaired) electrons. The molecule has 35 heavy (non-hydrogen) atoms. The molecule has 0 aliphatic carbocycles. The number of carbonyl (C=O) groups is 2. The second-order valence-electron chi connectivity index (χ2n) is 7.74. The van der Waals surface area contributed by atoms with Gasteiger partial charge in [0.2, 0.25) is 0 Å². The van der Waals surface area contributed by atoms with E-state index in [0.29, 0.717) is 27.8 Å². The Hall–Kier alpha value is -3.62. The molecule has 9 heteroatoms. The number of esters is 1. The maximum Gasteiger partial charge on any atom is 0.338 e. The van der Waals surface area contributed by atoms with E-state index < -0.39 is 0 Å². The fraction of sp³-hybridized carbons (Fsp3) is 0.192. The van der Waals surface area contributed by atoms with E-state index in [9.17, 15) is 9.59 Å². The molecule has 7 nitrogen and oxygen atoms in total. The minimum Gasteiger partial charge on any atom is -0.497 e. The third-order valence-corrected chi connectivity index (χ3v) is 7.18. The van der Waals surface area contributed by atoms with E-state index in [4.69, 9.17) is 21.1 Å². The predicted molar refractivity (Wildman–Crippen MR) is 140 cm³/mol. The lowest BCUT2D eigenvalue weighted by Gasteiger charge is -2.10. The van der Waals surface area contributed by atoms with Gasteiger partial charge in [0.15, 0.2) is 0 Å². The first-order valence-electron chi connectivity index (χ1n) is 10.9. The number of hydrogen-bond acceptors (Lipinski definition) is 6. The molecular weight excluding hydrogens is 486 g/mol. The average molecular weight is 510 g/mol. The first-order chi connectivity index (χ1) is 16.8. The number of hydrogen-bond donors (Lipinski definition) is 1. The number of nitrogens with zero attached hydrogens (tertiary/aromatic N) is 2. The topological polar surface area (TPSA) is 81.9 Å². The van der Waals surface area contributed by atoms with Crippen molar-refractivity contribution in [1.29, 1.82) is 0 Å². The normalized spacial score (nSPS) is 11.2. The van der Waals surface area contributed by atoms with Crippen LogP contribution in [0.3, 0.4) is 0 Å². The van der Waals surface area contributed by atoms with E-state index in [-0.39, 0.29) is 11.9 Å². The molecule has 0 saturated carbocycles. The van der Waals surface area contributed by atoms with Crippen molar-refractivity contribution in [3.05, 3.63) is 80.9 Å². The van der Waals surface area contributed by atoms with Gasteiger partial charge in [-0.1, -0.05) is 11.6 Å². The maximum absolute atomic E-state index is 12.7. The molecule has 180 valence electrons. The van der Waals surface area contributed by atoms with Gasteiger partial charge in [-0.25, -0.2) is 10.2 Å². The van der Waals surface area contributed by atoms with Crippen molar-refractivity contribution in [2.75, 3.05) is 13.7 Å². The number of benzene rings is 2. The standard InChI is InChI=1S/C26H24ClN3O4S/c1-5-34-26(32)17-6-8-19(9-7-17)30-15(2)12-18(16(30)3)14-28-29-25(31)24-23(27)21-11-10-20(33-4)13-22(21)35-24/h6-14H,5H2,1-4H3,(H,29,31). The summed E-state index contributed by atoms with van der Waals surface area (Å²) in [5.41, 5.74) is 6.76. The molecule has 4 rings (SSSR count). The molecule has 0 unspecified atom stereocenters. The van der Waals surface area contributed by atoms with Crippen LogP contribution in [0.1, 0.15) is 43.9 Å². The molecule has 1 amide bonds. The predicted octanol–water partition coefficient (Wildman–Crippen LogP) is 5.91. The highest BCUT2D eigenvalue weighted by Gasteiger charge is 2.17. The molecule has 0 aliphatic rings. The highest BCUT2D eigenvalue weighted by molar-refractivity contribution is 7.21. The number of aryl methyl sites for hydroxylation is 1. The third-order valence-electron chi connectivity index (χ3n) is 5.52. The molecule has 1 N–H and O–H groups in total. The summed E-state index contributed by atoms with van der Waals surface area (Å²) < 4.78 is 13.2. The van der Waals surface area contributed by atoms with E-state index >= 15 is 0 Å². The van der Waals surface area contributed by atoms with Crippen LogP contribution in [0.5, 0.6) is 5.75 Å². The number of methoxy groups -OCH3 is 1. The summed E-state index contributed by atoms with van der Waals surface area (Å²) in [6.45, 7) is 6.05. The number of fused-ring (bicyclic) bond motifs is 1. The van der Waals surface area contributed by atoms with Gasteiger partial charge in [0.1, 0.15) is 10.6 Å². The summed E-state index contributed by atoms with van der Waals surface area (Å²) >= 11 is 7.72.